The molecule has 0 saturated heterocycles. The molecule has 0 saturated carbocycles. The molecule has 0 aliphatic carbocycles. The Hall–Kier alpha value is -3.22. The molecule has 0 fully saturated rings. The molecule has 0 bridgehead atoms. The van der Waals surface area contributed by atoms with E-state index < -0.39 is 0 Å². The summed E-state index contributed by atoms with van der Waals surface area (Å²) in [6, 6.07) is 12.1. The summed E-state index contributed by atoms with van der Waals surface area (Å²) in [7, 11) is 4.05. The number of pyridine rings is 1. The van der Waals surface area contributed by atoms with Crippen molar-refractivity contribution in [3.63, 3.8) is 0 Å². The number of carbonyl (C=O) groups excluding carboxylic acids is 1. The summed E-state index contributed by atoms with van der Waals surface area (Å²) in [5.41, 5.74) is 3.30. The minimum absolute atomic E-state index is 0.00776. The minimum atomic E-state index is -0.00776. The Morgan fingerprint density at radius 3 is 2.54 bits per heavy atom. The summed E-state index contributed by atoms with van der Waals surface area (Å²) < 4.78 is 5.21. The Bertz CT molecular complexity index is 875. The third kappa shape index (κ3) is 5.64. The normalized spacial score (nSPS) is 10.6. The van der Waals surface area contributed by atoms with E-state index in [1.807, 2.05) is 26.2 Å². The molecular weight excluding hydrogens is 354 g/mol. The molecule has 146 valence electrons. The van der Waals surface area contributed by atoms with Crippen LogP contribution in [0.3, 0.4) is 0 Å². The van der Waals surface area contributed by atoms with Gasteiger partial charge < -0.3 is 14.7 Å². The van der Waals surface area contributed by atoms with Crippen LogP contribution in [0.15, 0.2) is 53.3 Å². The van der Waals surface area contributed by atoms with E-state index in [9.17, 15) is 4.79 Å². The Kier molecular flexibility index (Phi) is 6.73. The molecule has 3 rings (SSSR count). The predicted octanol–water partition coefficient (Wildman–Crippen LogP) is 2.88. The average Bonchev–Trinajstić information content (AvgIpc) is 3.20. The number of nitrogens with one attached hydrogen (secondary N) is 1. The third-order valence-corrected chi connectivity index (χ3v) is 4.39. The van der Waals surface area contributed by atoms with E-state index in [-0.39, 0.29) is 5.91 Å². The summed E-state index contributed by atoms with van der Waals surface area (Å²) >= 11 is 0. The summed E-state index contributed by atoms with van der Waals surface area (Å²) in [6.45, 7) is 0.653. The topological polar surface area (TPSA) is 84.2 Å². The molecule has 0 aliphatic heterocycles. The van der Waals surface area contributed by atoms with Crippen molar-refractivity contribution in [2.75, 3.05) is 25.5 Å². The van der Waals surface area contributed by atoms with Crippen LogP contribution >= 0.6 is 0 Å². The van der Waals surface area contributed by atoms with Crippen LogP contribution in [0.25, 0.3) is 11.4 Å². The monoisotopic (exact) mass is 379 g/mol. The lowest BCUT2D eigenvalue weighted by Crippen LogP contribution is -2.25. The van der Waals surface area contributed by atoms with Crippen LogP contribution < -0.4 is 10.2 Å². The Labute approximate surface area is 164 Å². The largest absolute Gasteiger partial charge is 0.378 e. The van der Waals surface area contributed by atoms with Crippen molar-refractivity contribution in [3.05, 3.63) is 60.2 Å². The molecule has 3 aromatic rings. The highest BCUT2D eigenvalue weighted by Crippen LogP contribution is 2.15. The molecule has 0 unspecified atom stereocenters. The molecule has 2 aromatic heterocycles. The van der Waals surface area contributed by atoms with Gasteiger partial charge in [0.05, 0.1) is 0 Å². The highest BCUT2D eigenvalue weighted by molar-refractivity contribution is 5.76. The number of anilines is 1. The van der Waals surface area contributed by atoms with Gasteiger partial charge in [0.1, 0.15) is 0 Å². The average molecular weight is 379 g/mol. The highest BCUT2D eigenvalue weighted by atomic mass is 16.5. The third-order valence-electron chi connectivity index (χ3n) is 4.39. The van der Waals surface area contributed by atoms with Gasteiger partial charge in [-0.2, -0.15) is 4.98 Å². The fourth-order valence-corrected chi connectivity index (χ4v) is 2.76. The van der Waals surface area contributed by atoms with Gasteiger partial charge in [-0.05, 0) is 42.7 Å². The summed E-state index contributed by atoms with van der Waals surface area (Å²) in [5.74, 6) is 0.965. The predicted molar refractivity (Wildman–Crippen MR) is 108 cm³/mol. The maximum Gasteiger partial charge on any atom is 0.227 e. The number of hydrogen-bond acceptors (Lipinski definition) is 6. The maximum absolute atomic E-state index is 12.0. The van der Waals surface area contributed by atoms with Gasteiger partial charge in [0.15, 0.2) is 0 Å². The first-order valence-corrected chi connectivity index (χ1v) is 9.38. The number of aryl methyl sites for hydroxylation is 2. The van der Waals surface area contributed by atoms with Gasteiger partial charge in [-0.1, -0.05) is 17.3 Å². The molecule has 7 heteroatoms. The Morgan fingerprint density at radius 1 is 1.07 bits per heavy atom. The molecule has 0 spiro atoms. The van der Waals surface area contributed by atoms with Crippen LogP contribution in [0.5, 0.6) is 0 Å². The molecule has 2 heterocycles. The second-order valence-corrected chi connectivity index (χ2v) is 6.76. The molecule has 0 radical (unpaired) electrons. The SMILES string of the molecule is CN(C)c1ccc(CCCNC(=O)CCc2nc(-c3ccncc3)no2)cc1. The first-order valence-electron chi connectivity index (χ1n) is 9.38. The van der Waals surface area contributed by atoms with E-state index in [0.717, 1.165) is 18.4 Å². The lowest BCUT2D eigenvalue weighted by molar-refractivity contribution is -0.121. The Morgan fingerprint density at radius 2 is 1.82 bits per heavy atom. The smallest absolute Gasteiger partial charge is 0.227 e. The van der Waals surface area contributed by atoms with E-state index in [2.05, 4.69) is 49.6 Å². The molecule has 1 N–H and O–H groups in total. The lowest BCUT2D eigenvalue weighted by Gasteiger charge is -2.12. The fraction of sp³-hybridized carbons (Fsp3) is 0.333. The van der Waals surface area contributed by atoms with Crippen LogP contribution in [0.4, 0.5) is 5.69 Å². The first kappa shape index (κ1) is 19.5. The van der Waals surface area contributed by atoms with Crippen LogP contribution in [0.2, 0.25) is 0 Å². The molecule has 28 heavy (non-hydrogen) atoms. The zero-order valence-corrected chi connectivity index (χ0v) is 16.3. The van der Waals surface area contributed by atoms with Crippen LogP contribution in [0.1, 0.15) is 24.3 Å². The van der Waals surface area contributed by atoms with Crippen molar-refractivity contribution >= 4 is 11.6 Å². The quantitative estimate of drug-likeness (QED) is 0.576. The first-order chi connectivity index (χ1) is 13.6. The van der Waals surface area contributed by atoms with E-state index in [1.165, 1.54) is 11.3 Å². The summed E-state index contributed by atoms with van der Waals surface area (Å²) in [4.78, 5) is 22.4. The van der Waals surface area contributed by atoms with Crippen molar-refractivity contribution in [2.24, 2.45) is 0 Å². The number of aromatic nitrogens is 3. The van der Waals surface area contributed by atoms with E-state index in [1.54, 1.807) is 12.4 Å². The van der Waals surface area contributed by atoms with Gasteiger partial charge in [-0.15, -0.1) is 0 Å². The number of hydrogen-bond donors (Lipinski definition) is 1. The van der Waals surface area contributed by atoms with Crippen LogP contribution in [-0.2, 0) is 17.6 Å². The molecule has 7 nitrogen and oxygen atoms in total. The van der Waals surface area contributed by atoms with Gasteiger partial charge in [0.2, 0.25) is 17.6 Å². The van der Waals surface area contributed by atoms with Crippen LogP contribution in [-0.4, -0.2) is 41.7 Å². The molecule has 0 aliphatic rings. The Balaban J connectivity index is 1.35. The number of carbonyl (C=O) groups is 1. The number of benzene rings is 1. The van der Waals surface area contributed by atoms with Gasteiger partial charge >= 0.3 is 0 Å². The van der Waals surface area contributed by atoms with Crippen molar-refractivity contribution in [2.45, 2.75) is 25.7 Å². The van der Waals surface area contributed by atoms with Crippen molar-refractivity contribution < 1.29 is 9.32 Å². The van der Waals surface area contributed by atoms with Gasteiger partial charge in [-0.3, -0.25) is 9.78 Å². The summed E-state index contributed by atoms with van der Waals surface area (Å²) in [5, 5.41) is 6.89. The second-order valence-electron chi connectivity index (χ2n) is 6.76. The lowest BCUT2D eigenvalue weighted by atomic mass is 10.1. The van der Waals surface area contributed by atoms with Crippen LogP contribution in [0, 0.1) is 0 Å². The fourth-order valence-electron chi connectivity index (χ4n) is 2.76. The van der Waals surface area contributed by atoms with E-state index in [0.29, 0.717) is 31.1 Å². The number of rotatable bonds is 9. The van der Waals surface area contributed by atoms with Crippen molar-refractivity contribution in [1.82, 2.24) is 20.4 Å². The van der Waals surface area contributed by atoms with Crippen molar-refractivity contribution in [3.8, 4) is 11.4 Å². The zero-order valence-electron chi connectivity index (χ0n) is 16.3. The van der Waals surface area contributed by atoms with E-state index >= 15 is 0 Å². The molecule has 0 atom stereocenters. The second kappa shape index (κ2) is 9.64. The summed E-state index contributed by atoms with van der Waals surface area (Å²) in [6.07, 6.45) is 5.95. The van der Waals surface area contributed by atoms with Gasteiger partial charge in [0, 0.05) is 57.1 Å². The van der Waals surface area contributed by atoms with Crippen molar-refractivity contribution in [1.29, 1.82) is 0 Å². The van der Waals surface area contributed by atoms with E-state index in [4.69, 9.17) is 4.52 Å². The molecule has 1 amide bonds. The standard InChI is InChI=1S/C21H25N5O2/c1-26(2)18-7-5-16(6-8-18)4-3-13-23-19(27)9-10-20-24-21(25-28-20)17-11-14-22-15-12-17/h5-8,11-12,14-15H,3-4,9-10,13H2,1-2H3,(H,23,27). The maximum atomic E-state index is 12.0. The highest BCUT2D eigenvalue weighted by Gasteiger charge is 2.10. The minimum Gasteiger partial charge on any atom is -0.378 e. The number of amides is 1. The zero-order chi connectivity index (χ0) is 19.8. The molecular formula is C21H25N5O2. The molecule has 1 aromatic carbocycles. The number of nitrogens with zero attached hydrogens (tertiary/aromatic N) is 4. The van der Waals surface area contributed by atoms with Gasteiger partial charge in [-0.25, -0.2) is 0 Å². The van der Waals surface area contributed by atoms with Gasteiger partial charge in [0.25, 0.3) is 0 Å².